The van der Waals surface area contributed by atoms with Crippen molar-refractivity contribution in [1.82, 2.24) is 10.2 Å². The number of ether oxygens (including phenoxy) is 1. The lowest BCUT2D eigenvalue weighted by molar-refractivity contribution is -0.132. The van der Waals surface area contributed by atoms with E-state index in [2.05, 4.69) is 5.32 Å². The fourth-order valence-electron chi connectivity index (χ4n) is 3.08. The Balaban J connectivity index is 1.84. The van der Waals surface area contributed by atoms with E-state index in [1.165, 1.54) is 19.2 Å². The van der Waals surface area contributed by atoms with Crippen LogP contribution < -0.4 is 10.1 Å². The van der Waals surface area contributed by atoms with Crippen LogP contribution in [0, 0.1) is 5.82 Å². The fraction of sp³-hybridized carbons (Fsp3) is 0.300. The first-order valence-electron chi connectivity index (χ1n) is 8.58. The predicted octanol–water partition coefficient (Wildman–Crippen LogP) is 2.93. The van der Waals surface area contributed by atoms with Gasteiger partial charge in [0.1, 0.15) is 6.04 Å². The van der Waals surface area contributed by atoms with Crippen molar-refractivity contribution in [2.45, 2.75) is 18.9 Å². The number of rotatable bonds is 5. The van der Waals surface area contributed by atoms with Crippen molar-refractivity contribution in [3.8, 4) is 5.75 Å². The van der Waals surface area contributed by atoms with Crippen molar-refractivity contribution in [2.75, 3.05) is 20.2 Å². The number of likely N-dealkylation sites (tertiary alicyclic amines) is 1. The van der Waals surface area contributed by atoms with Crippen molar-refractivity contribution in [1.29, 1.82) is 0 Å². The van der Waals surface area contributed by atoms with Crippen molar-refractivity contribution in [2.24, 2.45) is 0 Å². The molecule has 2 aromatic carbocycles. The highest BCUT2D eigenvalue weighted by atomic mass is 19.1. The van der Waals surface area contributed by atoms with E-state index in [1.54, 1.807) is 17.0 Å². The van der Waals surface area contributed by atoms with Gasteiger partial charge in [-0.05, 0) is 36.6 Å². The van der Waals surface area contributed by atoms with Gasteiger partial charge in [-0.2, -0.15) is 0 Å². The molecule has 6 heteroatoms. The average molecular weight is 356 g/mol. The molecule has 0 radical (unpaired) electrons. The van der Waals surface area contributed by atoms with Crippen LogP contribution in [0.2, 0.25) is 0 Å². The Hall–Kier alpha value is -2.89. The van der Waals surface area contributed by atoms with Gasteiger partial charge in [-0.25, -0.2) is 4.39 Å². The first-order chi connectivity index (χ1) is 12.6. The van der Waals surface area contributed by atoms with Gasteiger partial charge in [0.15, 0.2) is 11.6 Å². The Morgan fingerprint density at radius 2 is 1.81 bits per heavy atom. The molecule has 1 saturated heterocycles. The largest absolute Gasteiger partial charge is 0.494 e. The second-order valence-corrected chi connectivity index (χ2v) is 6.20. The predicted molar refractivity (Wildman–Crippen MR) is 95.4 cm³/mol. The molecule has 1 heterocycles. The molecule has 2 aromatic rings. The molecule has 0 saturated carbocycles. The topological polar surface area (TPSA) is 58.6 Å². The summed E-state index contributed by atoms with van der Waals surface area (Å²) in [4.78, 5) is 27.3. The Morgan fingerprint density at radius 3 is 2.42 bits per heavy atom. The second-order valence-electron chi connectivity index (χ2n) is 6.20. The normalized spacial score (nSPS) is 14.8. The number of halogens is 1. The average Bonchev–Trinajstić information content (AvgIpc) is 3.21. The fourth-order valence-corrected chi connectivity index (χ4v) is 3.08. The molecule has 3 rings (SSSR count). The molecule has 26 heavy (non-hydrogen) atoms. The molecule has 1 unspecified atom stereocenters. The van der Waals surface area contributed by atoms with Crippen molar-refractivity contribution in [3.63, 3.8) is 0 Å². The first kappa shape index (κ1) is 17.9. The highest BCUT2D eigenvalue weighted by Gasteiger charge is 2.29. The standard InChI is InChI=1S/C20H21FN2O3/c1-26-17-10-9-15(13-16(17)21)19(24)22-18(14-7-3-2-4-8-14)20(25)23-11-5-6-12-23/h2-4,7-10,13,18H,5-6,11-12H2,1H3,(H,22,24). The zero-order chi connectivity index (χ0) is 18.5. The molecule has 1 N–H and O–H groups in total. The van der Waals surface area contributed by atoms with Gasteiger partial charge in [0.2, 0.25) is 5.91 Å². The summed E-state index contributed by atoms with van der Waals surface area (Å²) in [5.74, 6) is -1.21. The van der Waals surface area contributed by atoms with E-state index in [0.29, 0.717) is 18.7 Å². The van der Waals surface area contributed by atoms with Crippen LogP contribution in [-0.2, 0) is 4.79 Å². The van der Waals surface area contributed by atoms with Gasteiger partial charge < -0.3 is 15.0 Å². The molecule has 136 valence electrons. The Bertz CT molecular complexity index is 789. The Kier molecular flexibility index (Phi) is 5.51. The van der Waals surface area contributed by atoms with E-state index in [4.69, 9.17) is 4.74 Å². The number of benzene rings is 2. The van der Waals surface area contributed by atoms with Crippen LogP contribution in [0.25, 0.3) is 0 Å². The summed E-state index contributed by atoms with van der Waals surface area (Å²) in [7, 11) is 1.36. The maximum absolute atomic E-state index is 13.9. The monoisotopic (exact) mass is 356 g/mol. The minimum Gasteiger partial charge on any atom is -0.494 e. The van der Waals surface area contributed by atoms with Crippen molar-refractivity contribution < 1.29 is 18.7 Å². The van der Waals surface area contributed by atoms with E-state index in [-0.39, 0.29) is 17.2 Å². The zero-order valence-electron chi connectivity index (χ0n) is 14.6. The number of nitrogens with zero attached hydrogens (tertiary/aromatic N) is 1. The van der Waals surface area contributed by atoms with E-state index in [1.807, 2.05) is 18.2 Å². The number of hydrogen-bond donors (Lipinski definition) is 1. The minimum absolute atomic E-state index is 0.0642. The van der Waals surface area contributed by atoms with E-state index in [9.17, 15) is 14.0 Å². The summed E-state index contributed by atoms with van der Waals surface area (Å²) in [6.07, 6.45) is 1.93. The number of nitrogens with one attached hydrogen (secondary N) is 1. The quantitative estimate of drug-likeness (QED) is 0.896. The van der Waals surface area contributed by atoms with Crippen LogP contribution >= 0.6 is 0 Å². The van der Waals surface area contributed by atoms with Crippen LogP contribution in [0.5, 0.6) is 5.75 Å². The van der Waals surface area contributed by atoms with Gasteiger partial charge >= 0.3 is 0 Å². The summed E-state index contributed by atoms with van der Waals surface area (Å²) < 4.78 is 18.8. The molecule has 2 amide bonds. The molecule has 0 aliphatic carbocycles. The molecular weight excluding hydrogens is 335 g/mol. The number of amides is 2. The summed E-state index contributed by atoms with van der Waals surface area (Å²) >= 11 is 0. The van der Waals surface area contributed by atoms with Gasteiger partial charge in [-0.3, -0.25) is 9.59 Å². The van der Waals surface area contributed by atoms with Gasteiger partial charge in [0.25, 0.3) is 5.91 Å². The highest BCUT2D eigenvalue weighted by Crippen LogP contribution is 2.21. The summed E-state index contributed by atoms with van der Waals surface area (Å²) in [5.41, 5.74) is 0.838. The van der Waals surface area contributed by atoms with Crippen LogP contribution in [0.15, 0.2) is 48.5 Å². The van der Waals surface area contributed by atoms with Crippen molar-refractivity contribution >= 4 is 11.8 Å². The third-order valence-corrected chi connectivity index (χ3v) is 4.49. The molecule has 1 atom stereocenters. The maximum atomic E-state index is 13.9. The van der Waals surface area contributed by atoms with Gasteiger partial charge in [-0.1, -0.05) is 30.3 Å². The molecule has 5 nitrogen and oxygen atoms in total. The lowest BCUT2D eigenvalue weighted by atomic mass is 10.0. The maximum Gasteiger partial charge on any atom is 0.252 e. The second kappa shape index (κ2) is 7.99. The van der Waals surface area contributed by atoms with Crippen LogP contribution in [-0.4, -0.2) is 36.9 Å². The molecule has 1 aliphatic heterocycles. The molecule has 1 fully saturated rings. The molecular formula is C20H21FN2O3. The highest BCUT2D eigenvalue weighted by molar-refractivity contribution is 5.98. The number of methoxy groups -OCH3 is 1. The first-order valence-corrected chi connectivity index (χ1v) is 8.58. The Morgan fingerprint density at radius 1 is 1.12 bits per heavy atom. The van der Waals surface area contributed by atoms with Crippen molar-refractivity contribution in [3.05, 3.63) is 65.5 Å². The Labute approximate surface area is 151 Å². The number of hydrogen-bond acceptors (Lipinski definition) is 3. The molecule has 1 aliphatic rings. The smallest absolute Gasteiger partial charge is 0.252 e. The molecule has 0 aromatic heterocycles. The molecule has 0 spiro atoms. The van der Waals surface area contributed by atoms with Gasteiger partial charge in [0, 0.05) is 18.7 Å². The molecule has 0 bridgehead atoms. The van der Waals surface area contributed by atoms with Gasteiger partial charge in [0.05, 0.1) is 7.11 Å². The van der Waals surface area contributed by atoms with Gasteiger partial charge in [-0.15, -0.1) is 0 Å². The lowest BCUT2D eigenvalue weighted by Crippen LogP contribution is -2.41. The summed E-state index contributed by atoms with van der Waals surface area (Å²) in [6.45, 7) is 1.38. The number of carbonyl (C=O) groups excluding carboxylic acids is 2. The van der Waals surface area contributed by atoms with E-state index < -0.39 is 17.8 Å². The number of carbonyl (C=O) groups is 2. The van der Waals surface area contributed by atoms with E-state index >= 15 is 0 Å². The van der Waals surface area contributed by atoms with Crippen LogP contribution in [0.4, 0.5) is 4.39 Å². The third kappa shape index (κ3) is 3.85. The summed E-state index contributed by atoms with van der Waals surface area (Å²) in [6, 6.07) is 12.3. The van der Waals surface area contributed by atoms with Crippen LogP contribution in [0.1, 0.15) is 34.8 Å². The third-order valence-electron chi connectivity index (χ3n) is 4.49. The minimum atomic E-state index is -0.799. The SMILES string of the molecule is COc1ccc(C(=O)NC(C(=O)N2CCCC2)c2ccccc2)cc1F. The van der Waals surface area contributed by atoms with Crippen LogP contribution in [0.3, 0.4) is 0 Å². The summed E-state index contributed by atoms with van der Waals surface area (Å²) in [5, 5.41) is 2.75. The van der Waals surface area contributed by atoms with E-state index in [0.717, 1.165) is 18.9 Å². The lowest BCUT2D eigenvalue weighted by Gasteiger charge is -2.24. The zero-order valence-corrected chi connectivity index (χ0v) is 14.6.